The Morgan fingerprint density at radius 2 is 2.18 bits per heavy atom. The zero-order valence-corrected chi connectivity index (χ0v) is 10.3. The number of fused-ring (bicyclic) bond motifs is 1. The number of imidazole rings is 1. The summed E-state index contributed by atoms with van der Waals surface area (Å²) in [6, 6.07) is 8.51. The third-order valence-corrected chi connectivity index (χ3v) is 3.20. The SMILES string of the molecule is Cc1cccc2ccn(Cc3c[nH]c(=S)[nH]3)c12. The summed E-state index contributed by atoms with van der Waals surface area (Å²) in [5.74, 6) is 0. The van der Waals surface area contributed by atoms with Crippen LogP contribution >= 0.6 is 12.2 Å². The van der Waals surface area contributed by atoms with Gasteiger partial charge in [-0.25, -0.2) is 0 Å². The smallest absolute Gasteiger partial charge is 0.174 e. The molecular weight excluding hydrogens is 230 g/mol. The van der Waals surface area contributed by atoms with Crippen molar-refractivity contribution in [3.8, 4) is 0 Å². The molecule has 0 aliphatic rings. The van der Waals surface area contributed by atoms with Gasteiger partial charge in [0.15, 0.2) is 4.77 Å². The quantitative estimate of drug-likeness (QED) is 0.665. The molecule has 3 aromatic rings. The van der Waals surface area contributed by atoms with Crippen LogP contribution in [0.5, 0.6) is 0 Å². The number of aryl methyl sites for hydroxylation is 1. The largest absolute Gasteiger partial charge is 0.341 e. The van der Waals surface area contributed by atoms with Crippen LogP contribution in [-0.4, -0.2) is 14.5 Å². The van der Waals surface area contributed by atoms with E-state index in [9.17, 15) is 0 Å². The van der Waals surface area contributed by atoms with Gasteiger partial charge in [-0.3, -0.25) is 0 Å². The summed E-state index contributed by atoms with van der Waals surface area (Å²) in [5.41, 5.74) is 3.67. The van der Waals surface area contributed by atoms with Crippen LogP contribution in [0.3, 0.4) is 0 Å². The monoisotopic (exact) mass is 243 g/mol. The second kappa shape index (κ2) is 3.89. The van der Waals surface area contributed by atoms with Crippen molar-refractivity contribution in [3.05, 3.63) is 52.7 Å². The number of nitrogens with zero attached hydrogens (tertiary/aromatic N) is 1. The molecule has 2 N–H and O–H groups in total. The number of nitrogens with one attached hydrogen (secondary N) is 2. The minimum atomic E-state index is 0.674. The van der Waals surface area contributed by atoms with E-state index < -0.39 is 0 Å². The molecule has 0 unspecified atom stereocenters. The Morgan fingerprint density at radius 3 is 2.94 bits per heavy atom. The lowest BCUT2D eigenvalue weighted by atomic mass is 10.2. The van der Waals surface area contributed by atoms with Crippen molar-refractivity contribution in [1.82, 2.24) is 14.5 Å². The Hall–Kier alpha value is -1.81. The Bertz CT molecular complexity index is 717. The molecule has 0 radical (unpaired) electrons. The summed E-state index contributed by atoms with van der Waals surface area (Å²) < 4.78 is 2.91. The third kappa shape index (κ3) is 1.80. The molecule has 0 fully saturated rings. The third-order valence-electron chi connectivity index (χ3n) is 2.98. The molecule has 0 saturated carbocycles. The van der Waals surface area contributed by atoms with Gasteiger partial charge in [0.1, 0.15) is 0 Å². The van der Waals surface area contributed by atoms with E-state index in [-0.39, 0.29) is 0 Å². The van der Waals surface area contributed by atoms with Crippen molar-refractivity contribution in [2.45, 2.75) is 13.5 Å². The van der Waals surface area contributed by atoms with Gasteiger partial charge in [-0.1, -0.05) is 18.2 Å². The molecule has 0 spiro atoms. The van der Waals surface area contributed by atoms with E-state index in [0.717, 1.165) is 12.2 Å². The van der Waals surface area contributed by atoms with Gasteiger partial charge in [-0.15, -0.1) is 0 Å². The van der Waals surface area contributed by atoms with Crippen molar-refractivity contribution in [1.29, 1.82) is 0 Å². The van der Waals surface area contributed by atoms with Gasteiger partial charge in [0.05, 0.1) is 17.8 Å². The molecule has 1 aromatic carbocycles. The predicted octanol–water partition coefficient (Wildman–Crippen LogP) is 3.38. The molecule has 3 nitrogen and oxygen atoms in total. The van der Waals surface area contributed by atoms with E-state index in [2.05, 4.69) is 51.9 Å². The van der Waals surface area contributed by atoms with Crippen molar-refractivity contribution in [2.24, 2.45) is 0 Å². The zero-order chi connectivity index (χ0) is 11.8. The van der Waals surface area contributed by atoms with Gasteiger partial charge in [-0.05, 0) is 36.2 Å². The molecular formula is C13H13N3S. The van der Waals surface area contributed by atoms with Gasteiger partial charge in [0.25, 0.3) is 0 Å². The molecule has 0 aliphatic heterocycles. The normalized spacial score (nSPS) is 11.1. The average molecular weight is 243 g/mol. The second-order valence-corrected chi connectivity index (χ2v) is 4.63. The van der Waals surface area contributed by atoms with Crippen LogP contribution in [-0.2, 0) is 6.54 Å². The van der Waals surface area contributed by atoms with Crippen LogP contribution < -0.4 is 0 Å². The van der Waals surface area contributed by atoms with Crippen LogP contribution in [0.4, 0.5) is 0 Å². The highest BCUT2D eigenvalue weighted by Crippen LogP contribution is 2.20. The van der Waals surface area contributed by atoms with E-state index in [1.807, 2.05) is 6.20 Å². The minimum Gasteiger partial charge on any atom is -0.341 e. The lowest BCUT2D eigenvalue weighted by Crippen LogP contribution is -1.99. The molecule has 0 atom stereocenters. The fraction of sp³-hybridized carbons (Fsp3) is 0.154. The summed E-state index contributed by atoms with van der Waals surface area (Å²) in [7, 11) is 0. The fourth-order valence-corrected chi connectivity index (χ4v) is 2.41. The summed E-state index contributed by atoms with van der Waals surface area (Å²) in [6.45, 7) is 2.94. The molecule has 3 rings (SSSR count). The van der Waals surface area contributed by atoms with Gasteiger partial charge in [0, 0.05) is 12.4 Å². The topological polar surface area (TPSA) is 36.5 Å². The first-order chi connectivity index (χ1) is 8.24. The van der Waals surface area contributed by atoms with Gasteiger partial charge in [0.2, 0.25) is 0 Å². The Labute approximate surface area is 104 Å². The maximum Gasteiger partial charge on any atom is 0.174 e. The van der Waals surface area contributed by atoms with E-state index >= 15 is 0 Å². The van der Waals surface area contributed by atoms with Crippen LogP contribution in [0.1, 0.15) is 11.3 Å². The van der Waals surface area contributed by atoms with Gasteiger partial charge >= 0.3 is 0 Å². The van der Waals surface area contributed by atoms with E-state index in [1.165, 1.54) is 16.5 Å². The molecule has 0 aliphatic carbocycles. The van der Waals surface area contributed by atoms with Crippen LogP contribution in [0.25, 0.3) is 10.9 Å². The lowest BCUT2D eigenvalue weighted by molar-refractivity contribution is 0.811. The number of H-pyrrole nitrogens is 2. The summed E-state index contributed by atoms with van der Waals surface area (Å²) >= 11 is 5.03. The van der Waals surface area contributed by atoms with E-state index in [4.69, 9.17) is 12.2 Å². The van der Waals surface area contributed by atoms with Gasteiger partial charge < -0.3 is 14.5 Å². The number of aromatic amines is 2. The number of hydrogen-bond donors (Lipinski definition) is 2. The number of hydrogen-bond acceptors (Lipinski definition) is 1. The maximum absolute atomic E-state index is 5.03. The van der Waals surface area contributed by atoms with Crippen molar-refractivity contribution >= 4 is 23.1 Å². The molecule has 0 amide bonds. The standard InChI is InChI=1S/C13H13N3S/c1-9-3-2-4-10-5-6-16(12(9)10)8-11-7-14-13(17)15-11/h2-7H,8H2,1H3,(H2,14,15,17). The van der Waals surface area contributed by atoms with Crippen LogP contribution in [0.2, 0.25) is 0 Å². The molecule has 86 valence electrons. The molecule has 17 heavy (non-hydrogen) atoms. The van der Waals surface area contributed by atoms with Crippen molar-refractivity contribution in [2.75, 3.05) is 0 Å². The zero-order valence-electron chi connectivity index (χ0n) is 9.53. The Kier molecular flexibility index (Phi) is 2.37. The average Bonchev–Trinajstić information content (AvgIpc) is 2.88. The highest BCUT2D eigenvalue weighted by molar-refractivity contribution is 7.71. The summed E-state index contributed by atoms with van der Waals surface area (Å²) in [5, 5.41) is 1.28. The molecule has 2 aromatic heterocycles. The first kappa shape index (κ1) is 10.4. The highest BCUT2D eigenvalue weighted by Gasteiger charge is 2.04. The molecule has 2 heterocycles. The summed E-state index contributed by atoms with van der Waals surface area (Å²) in [4.78, 5) is 6.13. The Morgan fingerprint density at radius 1 is 1.29 bits per heavy atom. The van der Waals surface area contributed by atoms with Crippen LogP contribution in [0, 0.1) is 11.7 Å². The maximum atomic E-state index is 5.03. The predicted molar refractivity (Wildman–Crippen MR) is 71.8 cm³/mol. The molecule has 4 heteroatoms. The fourth-order valence-electron chi connectivity index (χ4n) is 2.22. The Balaban J connectivity index is 2.09. The van der Waals surface area contributed by atoms with Gasteiger partial charge in [-0.2, -0.15) is 0 Å². The first-order valence-electron chi connectivity index (χ1n) is 5.55. The summed E-state index contributed by atoms with van der Waals surface area (Å²) in [6.07, 6.45) is 4.04. The van der Waals surface area contributed by atoms with Crippen molar-refractivity contribution in [3.63, 3.8) is 0 Å². The van der Waals surface area contributed by atoms with Crippen molar-refractivity contribution < 1.29 is 0 Å². The highest BCUT2D eigenvalue weighted by atomic mass is 32.1. The lowest BCUT2D eigenvalue weighted by Gasteiger charge is -2.05. The molecule has 0 saturated heterocycles. The second-order valence-electron chi connectivity index (χ2n) is 4.22. The van der Waals surface area contributed by atoms with E-state index in [1.54, 1.807) is 0 Å². The van der Waals surface area contributed by atoms with E-state index in [0.29, 0.717) is 4.77 Å². The number of aromatic nitrogens is 3. The number of benzene rings is 1. The number of rotatable bonds is 2. The minimum absolute atomic E-state index is 0.674. The number of para-hydroxylation sites is 1. The first-order valence-corrected chi connectivity index (χ1v) is 5.96. The molecule has 0 bridgehead atoms. The van der Waals surface area contributed by atoms with Crippen LogP contribution in [0.15, 0.2) is 36.7 Å².